The van der Waals surface area contributed by atoms with Gasteiger partial charge in [-0.2, -0.15) is 0 Å². The maximum atomic E-state index is 6.23. The topological polar surface area (TPSA) is 32.5 Å². The Morgan fingerprint density at radius 1 is 0.842 bits per heavy atom. The van der Waals surface area contributed by atoms with Crippen LogP contribution in [0.25, 0.3) is 0 Å². The summed E-state index contributed by atoms with van der Waals surface area (Å²) in [5, 5.41) is 0. The Morgan fingerprint density at radius 3 is 1.68 bits per heavy atom. The molecule has 0 aliphatic heterocycles. The van der Waals surface area contributed by atoms with E-state index in [9.17, 15) is 0 Å². The van der Waals surface area contributed by atoms with E-state index in [-0.39, 0.29) is 5.54 Å². The lowest BCUT2D eigenvalue weighted by Crippen LogP contribution is -2.60. The van der Waals surface area contributed by atoms with Gasteiger partial charge in [0.25, 0.3) is 0 Å². The molecular weight excluding hydrogens is 234 g/mol. The Kier molecular flexibility index (Phi) is 5.09. The fraction of sp³-hybridized carbons (Fsp3) is 1.00. The number of nitrogens with two attached hydrogens (primary N) is 1. The van der Waals surface area contributed by atoms with Gasteiger partial charge in [-0.1, -0.05) is 27.7 Å². The molecule has 0 aromatic rings. The lowest BCUT2D eigenvalue weighted by atomic mass is 9.58. The van der Waals surface area contributed by atoms with Crippen LogP contribution in [0.1, 0.15) is 47.0 Å². The summed E-state index contributed by atoms with van der Waals surface area (Å²) in [5.41, 5.74) is 7.17. The van der Waals surface area contributed by atoms with Crippen molar-refractivity contribution in [3.05, 3.63) is 0 Å². The summed E-state index contributed by atoms with van der Waals surface area (Å²) >= 11 is 0. The number of rotatable bonds is 5. The molecule has 0 amide bonds. The Bertz CT molecular complexity index is 278. The molecule has 0 aromatic heterocycles. The number of hydrogen-bond donors (Lipinski definition) is 1. The second-order valence-corrected chi connectivity index (χ2v) is 8.51. The average Bonchev–Trinajstić information content (AvgIpc) is 2.21. The zero-order chi connectivity index (χ0) is 14.9. The number of hydrogen-bond acceptors (Lipinski definition) is 3. The van der Waals surface area contributed by atoms with Gasteiger partial charge in [0.15, 0.2) is 0 Å². The Labute approximate surface area is 120 Å². The van der Waals surface area contributed by atoms with Crippen molar-refractivity contribution in [3.63, 3.8) is 0 Å². The average molecular weight is 269 g/mol. The van der Waals surface area contributed by atoms with Crippen LogP contribution in [0.3, 0.4) is 0 Å². The van der Waals surface area contributed by atoms with Crippen LogP contribution >= 0.6 is 0 Å². The highest BCUT2D eigenvalue weighted by Crippen LogP contribution is 2.51. The molecule has 0 unspecified atom stereocenters. The second kappa shape index (κ2) is 5.71. The molecule has 1 fully saturated rings. The van der Waals surface area contributed by atoms with Gasteiger partial charge in [0, 0.05) is 25.2 Å². The second-order valence-electron chi connectivity index (χ2n) is 8.51. The van der Waals surface area contributed by atoms with Crippen molar-refractivity contribution in [3.8, 4) is 0 Å². The van der Waals surface area contributed by atoms with Crippen molar-refractivity contribution in [2.75, 3.05) is 40.8 Å². The van der Waals surface area contributed by atoms with Gasteiger partial charge in [-0.05, 0) is 51.2 Å². The molecule has 1 aliphatic carbocycles. The summed E-state index contributed by atoms with van der Waals surface area (Å²) < 4.78 is 0. The van der Waals surface area contributed by atoms with Crippen LogP contribution in [0.2, 0.25) is 0 Å². The predicted molar refractivity (Wildman–Crippen MR) is 84.4 cm³/mol. The SMILES string of the molecule is CN(C)CCN(C)C1(CN)CC(C)(C)CC(C)(C)C1. The minimum atomic E-state index is 0.168. The lowest BCUT2D eigenvalue weighted by Gasteiger charge is -2.55. The summed E-state index contributed by atoms with van der Waals surface area (Å²) in [7, 11) is 6.53. The molecular formula is C16H35N3. The molecule has 0 heterocycles. The Morgan fingerprint density at radius 2 is 1.32 bits per heavy atom. The quantitative estimate of drug-likeness (QED) is 0.832. The molecule has 0 bridgehead atoms. The first-order valence-corrected chi connectivity index (χ1v) is 7.58. The summed E-state index contributed by atoms with van der Waals surface area (Å²) in [4.78, 5) is 4.77. The minimum absolute atomic E-state index is 0.168. The minimum Gasteiger partial charge on any atom is -0.329 e. The van der Waals surface area contributed by atoms with Crippen LogP contribution < -0.4 is 5.73 Å². The molecule has 1 rings (SSSR count). The molecule has 3 heteroatoms. The zero-order valence-electron chi connectivity index (χ0n) is 14.2. The normalized spacial score (nSPS) is 24.9. The van der Waals surface area contributed by atoms with Crippen molar-refractivity contribution >= 4 is 0 Å². The van der Waals surface area contributed by atoms with Crippen molar-refractivity contribution in [2.45, 2.75) is 52.5 Å². The molecule has 19 heavy (non-hydrogen) atoms. The van der Waals surface area contributed by atoms with Crippen LogP contribution in [0.15, 0.2) is 0 Å². The van der Waals surface area contributed by atoms with E-state index in [0.29, 0.717) is 10.8 Å². The predicted octanol–water partition coefficient (Wildman–Crippen LogP) is 2.41. The van der Waals surface area contributed by atoms with Gasteiger partial charge in [-0.25, -0.2) is 0 Å². The maximum Gasteiger partial charge on any atom is 0.0339 e. The molecule has 1 saturated carbocycles. The summed E-state index contributed by atoms with van der Waals surface area (Å²) in [6.07, 6.45) is 3.72. The van der Waals surface area contributed by atoms with E-state index in [0.717, 1.165) is 19.6 Å². The molecule has 3 nitrogen and oxygen atoms in total. The third-order valence-electron chi connectivity index (χ3n) is 4.64. The van der Waals surface area contributed by atoms with Gasteiger partial charge < -0.3 is 10.6 Å². The molecule has 0 saturated heterocycles. The van der Waals surface area contributed by atoms with E-state index in [1.165, 1.54) is 19.3 Å². The van der Waals surface area contributed by atoms with Crippen molar-refractivity contribution < 1.29 is 0 Å². The molecule has 0 atom stereocenters. The summed E-state index contributed by atoms with van der Waals surface area (Å²) in [6.45, 7) is 12.6. The molecule has 2 N–H and O–H groups in total. The van der Waals surface area contributed by atoms with Crippen molar-refractivity contribution in [1.29, 1.82) is 0 Å². The van der Waals surface area contributed by atoms with E-state index >= 15 is 0 Å². The monoisotopic (exact) mass is 269 g/mol. The molecule has 0 aromatic carbocycles. The van der Waals surface area contributed by atoms with Crippen LogP contribution in [0.4, 0.5) is 0 Å². The smallest absolute Gasteiger partial charge is 0.0339 e. The summed E-state index contributed by atoms with van der Waals surface area (Å²) in [6, 6.07) is 0. The first-order valence-electron chi connectivity index (χ1n) is 7.58. The molecule has 114 valence electrons. The van der Waals surface area contributed by atoms with E-state index in [1.54, 1.807) is 0 Å². The van der Waals surface area contributed by atoms with Crippen molar-refractivity contribution in [1.82, 2.24) is 9.80 Å². The molecule has 0 spiro atoms. The van der Waals surface area contributed by atoms with Crippen LogP contribution in [0.5, 0.6) is 0 Å². The van der Waals surface area contributed by atoms with Gasteiger partial charge in [0.1, 0.15) is 0 Å². The van der Waals surface area contributed by atoms with E-state index < -0.39 is 0 Å². The first-order chi connectivity index (χ1) is 8.52. The first kappa shape index (κ1) is 16.9. The highest BCUT2D eigenvalue weighted by molar-refractivity contribution is 5.03. The van der Waals surface area contributed by atoms with E-state index in [2.05, 4.69) is 58.6 Å². The van der Waals surface area contributed by atoms with Crippen LogP contribution in [-0.2, 0) is 0 Å². The van der Waals surface area contributed by atoms with Crippen molar-refractivity contribution in [2.24, 2.45) is 16.6 Å². The van der Waals surface area contributed by atoms with Crippen LogP contribution in [0, 0.1) is 10.8 Å². The van der Waals surface area contributed by atoms with Gasteiger partial charge in [-0.15, -0.1) is 0 Å². The van der Waals surface area contributed by atoms with E-state index in [1.807, 2.05) is 0 Å². The largest absolute Gasteiger partial charge is 0.329 e. The fourth-order valence-corrected chi connectivity index (χ4v) is 4.42. The Balaban J connectivity index is 2.88. The van der Waals surface area contributed by atoms with Gasteiger partial charge >= 0.3 is 0 Å². The highest BCUT2D eigenvalue weighted by Gasteiger charge is 2.48. The maximum absolute atomic E-state index is 6.23. The molecule has 0 radical (unpaired) electrons. The fourth-order valence-electron chi connectivity index (χ4n) is 4.42. The van der Waals surface area contributed by atoms with Gasteiger partial charge in [0.2, 0.25) is 0 Å². The van der Waals surface area contributed by atoms with E-state index in [4.69, 9.17) is 5.73 Å². The standard InChI is InChI=1S/C16H35N3/c1-14(2)10-15(3,4)12-16(11-14,13-17)19(7)9-8-18(5)6/h8-13,17H2,1-7H3. The lowest BCUT2D eigenvalue weighted by molar-refractivity contribution is -0.0335. The van der Waals surface area contributed by atoms with Gasteiger partial charge in [0.05, 0.1) is 0 Å². The molecule has 1 aliphatic rings. The number of likely N-dealkylation sites (N-methyl/N-ethyl adjacent to an activating group) is 2. The summed E-state index contributed by atoms with van der Waals surface area (Å²) in [5.74, 6) is 0. The third-order valence-corrected chi connectivity index (χ3v) is 4.64. The Hall–Kier alpha value is -0.120. The van der Waals surface area contributed by atoms with Gasteiger partial charge in [-0.3, -0.25) is 4.90 Å². The van der Waals surface area contributed by atoms with Crippen LogP contribution in [-0.4, -0.2) is 56.1 Å². The number of nitrogens with zero attached hydrogens (tertiary/aromatic N) is 2. The zero-order valence-corrected chi connectivity index (χ0v) is 14.2. The highest BCUT2D eigenvalue weighted by atomic mass is 15.2. The third kappa shape index (κ3) is 4.44.